The minimum atomic E-state index is -1.26. The van der Waals surface area contributed by atoms with Crippen LogP contribution >= 0.6 is 15.9 Å². The van der Waals surface area contributed by atoms with Gasteiger partial charge in [-0.1, -0.05) is 15.9 Å². The number of hydrogen-bond acceptors (Lipinski definition) is 3. The van der Waals surface area contributed by atoms with Crippen LogP contribution in [0.25, 0.3) is 10.8 Å². The fraction of sp³-hybridized carbons (Fsp3) is 0. The zero-order chi connectivity index (χ0) is 11.0. The third-order valence-corrected chi connectivity index (χ3v) is 2.43. The van der Waals surface area contributed by atoms with Gasteiger partial charge in [0.2, 0.25) is 5.76 Å². The molecule has 2 aromatic rings. The van der Waals surface area contributed by atoms with E-state index < -0.39 is 11.6 Å². The van der Waals surface area contributed by atoms with E-state index in [-0.39, 0.29) is 5.76 Å². The number of carbonyl (C=O) groups is 1. The number of halogens is 1. The van der Waals surface area contributed by atoms with Gasteiger partial charge in [0.05, 0.1) is 5.39 Å². The van der Waals surface area contributed by atoms with Crippen molar-refractivity contribution in [2.75, 3.05) is 0 Å². The van der Waals surface area contributed by atoms with Gasteiger partial charge in [0, 0.05) is 4.47 Å². The molecule has 1 heterocycles. The fourth-order valence-electron chi connectivity index (χ4n) is 1.27. The minimum Gasteiger partial charge on any atom is -0.475 e. The van der Waals surface area contributed by atoms with Crippen molar-refractivity contribution in [3.8, 4) is 0 Å². The van der Waals surface area contributed by atoms with Crippen LogP contribution in [0.5, 0.6) is 0 Å². The number of carboxylic acids is 1. The molecular weight excluding hydrogens is 264 g/mol. The second-order valence-electron chi connectivity index (χ2n) is 2.93. The summed E-state index contributed by atoms with van der Waals surface area (Å²) in [7, 11) is 0. The number of fused-ring (bicyclic) bond motifs is 1. The van der Waals surface area contributed by atoms with Crippen LogP contribution in [0.15, 0.2) is 37.9 Å². The molecule has 0 amide bonds. The Labute approximate surface area is 92.3 Å². The van der Waals surface area contributed by atoms with Crippen LogP contribution in [0, 0.1) is 0 Å². The molecule has 76 valence electrons. The Morgan fingerprint density at radius 2 is 2.07 bits per heavy atom. The van der Waals surface area contributed by atoms with E-state index in [2.05, 4.69) is 20.3 Å². The van der Waals surface area contributed by atoms with Crippen molar-refractivity contribution in [2.45, 2.75) is 0 Å². The standard InChI is InChI=1S/C10H5BrO4/c11-6-1-2-7-5(3-6)4-8(9(12)13)15-10(7)14/h1-4H,(H,12,13). The van der Waals surface area contributed by atoms with Gasteiger partial charge in [-0.25, -0.2) is 9.59 Å². The lowest BCUT2D eigenvalue weighted by atomic mass is 10.2. The van der Waals surface area contributed by atoms with Gasteiger partial charge in [-0.3, -0.25) is 0 Å². The predicted octanol–water partition coefficient (Wildman–Crippen LogP) is 2.25. The molecule has 2 rings (SSSR count). The highest BCUT2D eigenvalue weighted by molar-refractivity contribution is 9.10. The second kappa shape index (κ2) is 3.51. The summed E-state index contributed by atoms with van der Waals surface area (Å²) in [4.78, 5) is 22.0. The van der Waals surface area contributed by atoms with E-state index in [4.69, 9.17) is 5.11 Å². The van der Waals surface area contributed by atoms with Crippen LogP contribution in [0.3, 0.4) is 0 Å². The van der Waals surface area contributed by atoms with E-state index in [0.29, 0.717) is 10.8 Å². The molecule has 0 radical (unpaired) electrons. The molecule has 0 bridgehead atoms. The van der Waals surface area contributed by atoms with E-state index in [1.165, 1.54) is 6.07 Å². The molecule has 0 fully saturated rings. The lowest BCUT2D eigenvalue weighted by Gasteiger charge is -1.98. The van der Waals surface area contributed by atoms with E-state index in [9.17, 15) is 9.59 Å². The summed E-state index contributed by atoms with van der Waals surface area (Å²) in [5, 5.41) is 9.60. The molecule has 4 nitrogen and oxygen atoms in total. The normalized spacial score (nSPS) is 10.5. The Morgan fingerprint density at radius 1 is 1.33 bits per heavy atom. The average molecular weight is 269 g/mol. The number of carboxylic acid groups (broad SMARTS) is 1. The first-order valence-electron chi connectivity index (χ1n) is 4.04. The molecule has 0 spiro atoms. The van der Waals surface area contributed by atoms with Crippen LogP contribution in [-0.2, 0) is 0 Å². The van der Waals surface area contributed by atoms with Gasteiger partial charge in [0.15, 0.2) is 0 Å². The first-order valence-corrected chi connectivity index (χ1v) is 4.84. The van der Waals surface area contributed by atoms with Gasteiger partial charge in [-0.2, -0.15) is 0 Å². The third-order valence-electron chi connectivity index (χ3n) is 1.93. The molecule has 0 saturated heterocycles. The SMILES string of the molecule is O=C(O)c1cc2cc(Br)ccc2c(=O)o1. The largest absolute Gasteiger partial charge is 0.475 e. The molecule has 5 heteroatoms. The van der Waals surface area contributed by atoms with Gasteiger partial charge in [0.1, 0.15) is 0 Å². The van der Waals surface area contributed by atoms with Gasteiger partial charge in [-0.15, -0.1) is 0 Å². The van der Waals surface area contributed by atoms with Crippen LogP contribution in [-0.4, -0.2) is 11.1 Å². The zero-order valence-corrected chi connectivity index (χ0v) is 8.95. The van der Waals surface area contributed by atoms with Crippen LogP contribution in [0.1, 0.15) is 10.6 Å². The molecule has 0 atom stereocenters. The Morgan fingerprint density at radius 3 is 2.73 bits per heavy atom. The summed E-state index contributed by atoms with van der Waals surface area (Å²) in [5.74, 6) is -1.61. The van der Waals surface area contributed by atoms with E-state index in [0.717, 1.165) is 4.47 Å². The van der Waals surface area contributed by atoms with E-state index in [1.54, 1.807) is 18.2 Å². The molecule has 0 aliphatic carbocycles. The lowest BCUT2D eigenvalue weighted by molar-refractivity contribution is 0.0658. The maximum absolute atomic E-state index is 11.4. The topological polar surface area (TPSA) is 67.5 Å². The Hall–Kier alpha value is -1.62. The second-order valence-corrected chi connectivity index (χ2v) is 3.85. The highest BCUT2D eigenvalue weighted by Gasteiger charge is 2.10. The van der Waals surface area contributed by atoms with Crippen molar-refractivity contribution in [1.29, 1.82) is 0 Å². The van der Waals surface area contributed by atoms with Crippen molar-refractivity contribution >= 4 is 32.7 Å². The van der Waals surface area contributed by atoms with Crippen molar-refractivity contribution in [1.82, 2.24) is 0 Å². The fourth-order valence-corrected chi connectivity index (χ4v) is 1.65. The number of rotatable bonds is 1. The van der Waals surface area contributed by atoms with Crippen molar-refractivity contribution < 1.29 is 14.3 Å². The van der Waals surface area contributed by atoms with Gasteiger partial charge in [0.25, 0.3) is 0 Å². The highest BCUT2D eigenvalue weighted by Crippen LogP contribution is 2.18. The van der Waals surface area contributed by atoms with Crippen LogP contribution in [0.2, 0.25) is 0 Å². The molecule has 1 aromatic heterocycles. The predicted molar refractivity (Wildman–Crippen MR) is 57.1 cm³/mol. The van der Waals surface area contributed by atoms with Gasteiger partial charge >= 0.3 is 11.6 Å². The Balaban J connectivity index is 2.85. The Kier molecular flexibility index (Phi) is 2.32. The van der Waals surface area contributed by atoms with Crippen molar-refractivity contribution in [3.63, 3.8) is 0 Å². The Bertz CT molecular complexity index is 600. The first kappa shape index (κ1) is 9.92. The number of aromatic carboxylic acids is 1. The van der Waals surface area contributed by atoms with E-state index >= 15 is 0 Å². The smallest absolute Gasteiger partial charge is 0.371 e. The molecule has 0 aliphatic heterocycles. The summed E-state index contributed by atoms with van der Waals surface area (Å²) < 4.78 is 5.40. The van der Waals surface area contributed by atoms with Gasteiger partial charge in [-0.05, 0) is 29.7 Å². The van der Waals surface area contributed by atoms with Crippen molar-refractivity contribution in [3.05, 3.63) is 44.9 Å². The van der Waals surface area contributed by atoms with Crippen LogP contribution < -0.4 is 5.63 Å². The maximum Gasteiger partial charge on any atom is 0.371 e. The molecule has 0 unspecified atom stereocenters. The monoisotopic (exact) mass is 268 g/mol. The highest BCUT2D eigenvalue weighted by atomic mass is 79.9. The number of hydrogen-bond donors (Lipinski definition) is 1. The molecule has 0 aliphatic rings. The molecule has 1 N–H and O–H groups in total. The summed E-state index contributed by atoms with van der Waals surface area (Å²) >= 11 is 3.24. The minimum absolute atomic E-state index is 0.356. The summed E-state index contributed by atoms with van der Waals surface area (Å²) in [6.45, 7) is 0. The third kappa shape index (κ3) is 1.78. The van der Waals surface area contributed by atoms with Gasteiger partial charge < -0.3 is 9.52 Å². The lowest BCUT2D eigenvalue weighted by Crippen LogP contribution is -2.06. The quantitative estimate of drug-likeness (QED) is 0.862. The molecular formula is C10H5BrO4. The average Bonchev–Trinajstić information content (AvgIpc) is 2.16. The van der Waals surface area contributed by atoms with Crippen molar-refractivity contribution in [2.24, 2.45) is 0 Å². The first-order chi connectivity index (χ1) is 7.08. The summed E-state index contributed by atoms with van der Waals surface area (Å²) in [6.07, 6.45) is 0. The number of benzene rings is 1. The maximum atomic E-state index is 11.4. The summed E-state index contributed by atoms with van der Waals surface area (Å²) in [5.41, 5.74) is -0.641. The molecule has 0 saturated carbocycles. The molecule has 1 aromatic carbocycles. The van der Waals surface area contributed by atoms with E-state index in [1.807, 2.05) is 0 Å². The molecule has 15 heavy (non-hydrogen) atoms. The zero-order valence-electron chi connectivity index (χ0n) is 7.36. The van der Waals surface area contributed by atoms with Crippen LogP contribution in [0.4, 0.5) is 0 Å². The summed E-state index contributed by atoms with van der Waals surface area (Å²) in [6, 6.07) is 6.26.